The van der Waals surface area contributed by atoms with Gasteiger partial charge in [-0.25, -0.2) is 13.4 Å². The van der Waals surface area contributed by atoms with Crippen LogP contribution in [0.3, 0.4) is 0 Å². The van der Waals surface area contributed by atoms with Crippen molar-refractivity contribution in [3.63, 3.8) is 0 Å². The van der Waals surface area contributed by atoms with E-state index in [-0.39, 0.29) is 16.4 Å². The minimum absolute atomic E-state index is 0.119. The third kappa shape index (κ3) is 4.93. The second-order valence-corrected chi connectivity index (χ2v) is 8.37. The van der Waals surface area contributed by atoms with Crippen molar-refractivity contribution in [2.75, 3.05) is 4.72 Å². The van der Waals surface area contributed by atoms with Gasteiger partial charge in [-0.1, -0.05) is 17.7 Å². The van der Waals surface area contributed by atoms with E-state index in [1.165, 1.54) is 17.4 Å². The average molecular weight is 389 g/mol. The first kappa shape index (κ1) is 18.7. The van der Waals surface area contributed by atoms with Gasteiger partial charge in [-0.15, -0.1) is 11.3 Å². The molecule has 0 saturated heterocycles. The van der Waals surface area contributed by atoms with Crippen LogP contribution in [-0.2, 0) is 21.2 Å². The number of aliphatic carboxylic acids is 1. The molecule has 1 heterocycles. The maximum Gasteiger partial charge on any atom is 0.303 e. The summed E-state index contributed by atoms with van der Waals surface area (Å²) in [7, 11) is -3.75. The number of halogens is 1. The zero-order valence-corrected chi connectivity index (χ0v) is 15.3. The first-order valence-electron chi connectivity index (χ1n) is 7.24. The van der Waals surface area contributed by atoms with Crippen molar-refractivity contribution in [2.45, 2.75) is 37.5 Å². The van der Waals surface area contributed by atoms with Crippen molar-refractivity contribution in [1.82, 2.24) is 4.98 Å². The topological polar surface area (TPSA) is 96.4 Å². The Morgan fingerprint density at radius 3 is 2.83 bits per heavy atom. The smallest absolute Gasteiger partial charge is 0.303 e. The normalized spacial score (nSPS) is 11.4. The lowest BCUT2D eigenvalue weighted by Gasteiger charge is -2.09. The van der Waals surface area contributed by atoms with E-state index < -0.39 is 16.0 Å². The highest BCUT2D eigenvalue weighted by Crippen LogP contribution is 2.27. The Morgan fingerprint density at radius 2 is 2.12 bits per heavy atom. The molecule has 9 heteroatoms. The van der Waals surface area contributed by atoms with Crippen LogP contribution < -0.4 is 4.72 Å². The Balaban J connectivity index is 2.03. The van der Waals surface area contributed by atoms with Crippen LogP contribution in [0.4, 0.5) is 5.13 Å². The molecule has 2 aromatic rings. The van der Waals surface area contributed by atoms with Gasteiger partial charge in [0, 0.05) is 22.5 Å². The lowest BCUT2D eigenvalue weighted by Crippen LogP contribution is -2.14. The number of carbonyl (C=O) groups is 1. The second-order valence-electron chi connectivity index (χ2n) is 5.20. The summed E-state index contributed by atoms with van der Waals surface area (Å²) in [5.41, 5.74) is 0.483. The summed E-state index contributed by atoms with van der Waals surface area (Å²) in [4.78, 5) is 15.6. The highest BCUT2D eigenvalue weighted by molar-refractivity contribution is 7.93. The summed E-state index contributed by atoms with van der Waals surface area (Å²) in [6.07, 6.45) is 3.70. The van der Waals surface area contributed by atoms with Gasteiger partial charge in [0.05, 0.1) is 4.90 Å². The lowest BCUT2D eigenvalue weighted by atomic mass is 10.2. The number of sulfonamides is 1. The van der Waals surface area contributed by atoms with Crippen molar-refractivity contribution in [1.29, 1.82) is 0 Å². The van der Waals surface area contributed by atoms with Gasteiger partial charge in [-0.3, -0.25) is 9.52 Å². The summed E-state index contributed by atoms with van der Waals surface area (Å²) in [6.45, 7) is 1.65. The first-order valence-corrected chi connectivity index (χ1v) is 9.92. The Labute approximate surface area is 149 Å². The number of unbranched alkanes of at least 4 members (excludes halogenated alkanes) is 1. The number of aromatic nitrogens is 1. The van der Waals surface area contributed by atoms with Gasteiger partial charge in [0.15, 0.2) is 5.13 Å². The predicted molar refractivity (Wildman–Crippen MR) is 94.3 cm³/mol. The molecule has 6 nitrogen and oxygen atoms in total. The number of carboxylic acids is 1. The van der Waals surface area contributed by atoms with Gasteiger partial charge in [0.1, 0.15) is 0 Å². The molecule has 130 valence electrons. The molecule has 0 aliphatic rings. The molecular weight excluding hydrogens is 372 g/mol. The Morgan fingerprint density at radius 1 is 1.38 bits per heavy atom. The van der Waals surface area contributed by atoms with Gasteiger partial charge >= 0.3 is 5.97 Å². The van der Waals surface area contributed by atoms with E-state index in [2.05, 4.69) is 9.71 Å². The fraction of sp³-hybridized carbons (Fsp3) is 0.333. The van der Waals surface area contributed by atoms with Gasteiger partial charge in [0.2, 0.25) is 0 Å². The Hall–Kier alpha value is -1.64. The number of nitrogens with zero attached hydrogens (tertiary/aromatic N) is 1. The molecule has 0 aliphatic carbocycles. The standard InChI is InChI=1S/C15H17ClN2O4S2/c1-10-12(16)6-4-7-13(10)24(21,22)18-15-17-9-11(23-15)5-2-3-8-14(19)20/h4,6-7,9H,2-3,5,8H2,1H3,(H,17,18)(H,19,20). The number of nitrogens with one attached hydrogen (secondary N) is 1. The highest BCUT2D eigenvalue weighted by atomic mass is 35.5. The molecule has 1 aromatic carbocycles. The highest BCUT2D eigenvalue weighted by Gasteiger charge is 2.19. The molecule has 24 heavy (non-hydrogen) atoms. The Kier molecular flexibility index (Phi) is 6.20. The number of hydrogen-bond donors (Lipinski definition) is 2. The van der Waals surface area contributed by atoms with Crippen LogP contribution in [0.5, 0.6) is 0 Å². The van der Waals surface area contributed by atoms with E-state index in [1.807, 2.05) is 0 Å². The van der Waals surface area contributed by atoms with E-state index in [1.54, 1.807) is 25.3 Å². The molecule has 0 radical (unpaired) electrons. The zero-order valence-electron chi connectivity index (χ0n) is 13.0. The molecule has 0 saturated carbocycles. The fourth-order valence-corrected chi connectivity index (χ4v) is 4.69. The summed E-state index contributed by atoms with van der Waals surface area (Å²) in [5, 5.41) is 9.26. The van der Waals surface area contributed by atoms with Crippen LogP contribution in [-0.4, -0.2) is 24.5 Å². The fourth-order valence-electron chi connectivity index (χ4n) is 2.09. The van der Waals surface area contributed by atoms with Crippen molar-refractivity contribution >= 4 is 44.1 Å². The summed E-state index contributed by atoms with van der Waals surface area (Å²) >= 11 is 7.21. The third-order valence-corrected chi connectivity index (χ3v) is 6.34. The molecule has 0 atom stereocenters. The number of benzene rings is 1. The average Bonchev–Trinajstić information content (AvgIpc) is 2.93. The molecule has 0 amide bonds. The minimum atomic E-state index is -3.75. The number of thiazole rings is 1. The maximum absolute atomic E-state index is 12.5. The van der Waals surface area contributed by atoms with E-state index >= 15 is 0 Å². The van der Waals surface area contributed by atoms with E-state index in [9.17, 15) is 13.2 Å². The van der Waals surface area contributed by atoms with Crippen LogP contribution in [0, 0.1) is 6.92 Å². The van der Waals surface area contributed by atoms with Crippen LogP contribution >= 0.6 is 22.9 Å². The van der Waals surface area contributed by atoms with Gasteiger partial charge in [-0.2, -0.15) is 0 Å². The second kappa shape index (κ2) is 7.96. The molecule has 2 rings (SSSR count). The molecule has 0 bridgehead atoms. The number of hydrogen-bond acceptors (Lipinski definition) is 5. The molecular formula is C15H17ClN2O4S2. The molecule has 1 aromatic heterocycles. The van der Waals surface area contributed by atoms with Crippen molar-refractivity contribution in [2.24, 2.45) is 0 Å². The van der Waals surface area contributed by atoms with Crippen molar-refractivity contribution < 1.29 is 18.3 Å². The molecule has 0 aliphatic heterocycles. The number of aryl methyl sites for hydroxylation is 1. The van der Waals surface area contributed by atoms with E-state index in [4.69, 9.17) is 16.7 Å². The van der Waals surface area contributed by atoms with Gasteiger partial charge < -0.3 is 5.11 Å². The maximum atomic E-state index is 12.5. The van der Waals surface area contributed by atoms with E-state index in [0.29, 0.717) is 29.8 Å². The number of rotatable bonds is 8. The van der Waals surface area contributed by atoms with Crippen LogP contribution in [0.1, 0.15) is 29.7 Å². The minimum Gasteiger partial charge on any atom is -0.481 e. The Bertz CT molecular complexity index is 834. The van der Waals surface area contributed by atoms with Gasteiger partial charge in [-0.05, 0) is 43.9 Å². The van der Waals surface area contributed by atoms with Crippen LogP contribution in [0.25, 0.3) is 0 Å². The molecule has 0 unspecified atom stereocenters. The van der Waals surface area contributed by atoms with Crippen molar-refractivity contribution in [3.8, 4) is 0 Å². The summed E-state index contributed by atoms with van der Waals surface area (Å²) in [6, 6.07) is 4.71. The first-order chi connectivity index (χ1) is 11.3. The summed E-state index contributed by atoms with van der Waals surface area (Å²) in [5.74, 6) is -0.815. The van der Waals surface area contributed by atoms with E-state index in [0.717, 1.165) is 4.88 Å². The lowest BCUT2D eigenvalue weighted by molar-refractivity contribution is -0.137. The monoisotopic (exact) mass is 388 g/mol. The zero-order chi connectivity index (χ0) is 17.7. The van der Waals surface area contributed by atoms with Crippen LogP contribution in [0.15, 0.2) is 29.3 Å². The molecule has 0 spiro atoms. The molecule has 0 fully saturated rings. The summed E-state index contributed by atoms with van der Waals surface area (Å²) < 4.78 is 27.4. The van der Waals surface area contributed by atoms with Crippen molar-refractivity contribution in [3.05, 3.63) is 39.9 Å². The quantitative estimate of drug-likeness (QED) is 0.672. The number of carboxylic acid groups (broad SMARTS) is 1. The third-order valence-electron chi connectivity index (χ3n) is 3.35. The SMILES string of the molecule is Cc1c(Cl)cccc1S(=O)(=O)Nc1ncc(CCCCC(=O)O)s1. The largest absolute Gasteiger partial charge is 0.481 e. The van der Waals surface area contributed by atoms with Gasteiger partial charge in [0.25, 0.3) is 10.0 Å². The number of anilines is 1. The predicted octanol–water partition coefficient (Wildman–Crippen LogP) is 3.70. The molecule has 2 N–H and O–H groups in total. The van der Waals surface area contributed by atoms with Crippen LogP contribution in [0.2, 0.25) is 5.02 Å².